The third-order valence-electron chi connectivity index (χ3n) is 2.65. The summed E-state index contributed by atoms with van der Waals surface area (Å²) in [5.74, 6) is 0. The number of rotatable bonds is 3. The highest BCUT2D eigenvalue weighted by Crippen LogP contribution is 2.12. The summed E-state index contributed by atoms with van der Waals surface area (Å²) in [6, 6.07) is 12.1. The molecule has 0 aliphatic heterocycles. The van der Waals surface area contributed by atoms with E-state index in [4.69, 9.17) is 5.73 Å². The standard InChI is InChI=1S/C14H16N4O/c1-10(13-4-2-3-9-16-13)17-14(19)18-12-7-5-11(15)6-8-12/h2-10H,15H2,1H3,(H2,17,18,19). The third-order valence-corrected chi connectivity index (χ3v) is 2.65. The summed E-state index contributed by atoms with van der Waals surface area (Å²) < 4.78 is 0. The predicted octanol–water partition coefficient (Wildman–Crippen LogP) is 2.55. The Hall–Kier alpha value is -2.56. The molecule has 2 rings (SSSR count). The van der Waals surface area contributed by atoms with Gasteiger partial charge < -0.3 is 16.4 Å². The van der Waals surface area contributed by atoms with E-state index in [1.54, 1.807) is 30.5 Å². The van der Waals surface area contributed by atoms with Gasteiger partial charge in [0, 0.05) is 17.6 Å². The van der Waals surface area contributed by atoms with E-state index in [0.717, 1.165) is 5.69 Å². The van der Waals surface area contributed by atoms with E-state index in [-0.39, 0.29) is 12.1 Å². The van der Waals surface area contributed by atoms with Crippen molar-refractivity contribution in [2.24, 2.45) is 0 Å². The topological polar surface area (TPSA) is 80.0 Å². The van der Waals surface area contributed by atoms with Crippen LogP contribution in [0.1, 0.15) is 18.7 Å². The molecule has 0 aliphatic rings. The monoisotopic (exact) mass is 256 g/mol. The van der Waals surface area contributed by atoms with Crippen molar-refractivity contribution >= 4 is 17.4 Å². The molecule has 0 saturated heterocycles. The number of nitrogens with zero attached hydrogens (tertiary/aromatic N) is 1. The van der Waals surface area contributed by atoms with Gasteiger partial charge in [-0.25, -0.2) is 4.79 Å². The highest BCUT2D eigenvalue weighted by Gasteiger charge is 2.09. The maximum absolute atomic E-state index is 11.8. The maximum atomic E-state index is 11.8. The fourth-order valence-electron chi connectivity index (χ4n) is 1.64. The van der Waals surface area contributed by atoms with Gasteiger partial charge in [0.15, 0.2) is 0 Å². The molecule has 4 N–H and O–H groups in total. The Morgan fingerprint density at radius 2 is 1.95 bits per heavy atom. The first-order valence-corrected chi connectivity index (χ1v) is 5.99. The van der Waals surface area contributed by atoms with Crippen LogP contribution in [0.3, 0.4) is 0 Å². The van der Waals surface area contributed by atoms with Crippen LogP contribution in [-0.4, -0.2) is 11.0 Å². The summed E-state index contributed by atoms with van der Waals surface area (Å²) in [5, 5.41) is 5.55. The van der Waals surface area contributed by atoms with E-state index in [0.29, 0.717) is 11.4 Å². The number of hydrogen-bond acceptors (Lipinski definition) is 3. The van der Waals surface area contributed by atoms with Crippen molar-refractivity contribution in [1.29, 1.82) is 0 Å². The minimum atomic E-state index is -0.275. The molecule has 0 fully saturated rings. The lowest BCUT2D eigenvalue weighted by Gasteiger charge is -2.14. The molecule has 1 heterocycles. The largest absolute Gasteiger partial charge is 0.399 e. The van der Waals surface area contributed by atoms with Crippen LogP contribution in [0.4, 0.5) is 16.2 Å². The Bertz CT molecular complexity index is 539. The van der Waals surface area contributed by atoms with Gasteiger partial charge in [-0.3, -0.25) is 4.98 Å². The summed E-state index contributed by atoms with van der Waals surface area (Å²) >= 11 is 0. The van der Waals surface area contributed by atoms with Crippen LogP contribution in [-0.2, 0) is 0 Å². The van der Waals surface area contributed by atoms with Crippen LogP contribution in [0.2, 0.25) is 0 Å². The number of carbonyl (C=O) groups excluding carboxylic acids is 1. The van der Waals surface area contributed by atoms with Crippen molar-refractivity contribution in [3.63, 3.8) is 0 Å². The molecule has 0 bridgehead atoms. The van der Waals surface area contributed by atoms with E-state index in [9.17, 15) is 4.79 Å². The maximum Gasteiger partial charge on any atom is 0.319 e. The number of hydrogen-bond donors (Lipinski definition) is 3. The summed E-state index contributed by atoms with van der Waals surface area (Å²) in [6.07, 6.45) is 1.70. The quantitative estimate of drug-likeness (QED) is 0.738. The van der Waals surface area contributed by atoms with Crippen LogP contribution in [0.15, 0.2) is 48.7 Å². The molecule has 1 aromatic heterocycles. The molecule has 1 unspecified atom stereocenters. The lowest BCUT2D eigenvalue weighted by Crippen LogP contribution is -2.31. The normalized spacial score (nSPS) is 11.6. The molecule has 1 aromatic carbocycles. The molecular weight excluding hydrogens is 240 g/mol. The lowest BCUT2D eigenvalue weighted by atomic mass is 10.2. The van der Waals surface area contributed by atoms with Gasteiger partial charge in [0.25, 0.3) is 0 Å². The molecule has 0 spiro atoms. The molecule has 0 radical (unpaired) electrons. The molecule has 1 atom stereocenters. The van der Waals surface area contributed by atoms with Crippen molar-refractivity contribution in [3.8, 4) is 0 Å². The van der Waals surface area contributed by atoms with Gasteiger partial charge >= 0.3 is 6.03 Å². The van der Waals surface area contributed by atoms with Crippen LogP contribution in [0, 0.1) is 0 Å². The molecule has 98 valence electrons. The van der Waals surface area contributed by atoms with Crippen molar-refractivity contribution in [1.82, 2.24) is 10.3 Å². The number of urea groups is 1. The number of nitrogen functional groups attached to an aromatic ring is 1. The van der Waals surface area contributed by atoms with Crippen molar-refractivity contribution < 1.29 is 4.79 Å². The first-order valence-electron chi connectivity index (χ1n) is 5.99. The van der Waals surface area contributed by atoms with Crippen molar-refractivity contribution in [3.05, 3.63) is 54.4 Å². The summed E-state index contributed by atoms with van der Waals surface area (Å²) in [4.78, 5) is 16.0. The van der Waals surface area contributed by atoms with Gasteiger partial charge in [-0.05, 0) is 43.3 Å². The fraction of sp³-hybridized carbons (Fsp3) is 0.143. The zero-order valence-corrected chi connectivity index (χ0v) is 10.6. The second kappa shape index (κ2) is 5.86. The predicted molar refractivity (Wildman–Crippen MR) is 75.7 cm³/mol. The van der Waals surface area contributed by atoms with Gasteiger partial charge in [0.1, 0.15) is 0 Å². The Morgan fingerprint density at radius 1 is 1.21 bits per heavy atom. The Balaban J connectivity index is 1.93. The van der Waals surface area contributed by atoms with Crippen LogP contribution >= 0.6 is 0 Å². The van der Waals surface area contributed by atoms with E-state index in [2.05, 4.69) is 15.6 Å². The second-order valence-corrected chi connectivity index (χ2v) is 4.20. The average molecular weight is 256 g/mol. The Kier molecular flexibility index (Phi) is 3.97. The van der Waals surface area contributed by atoms with Crippen molar-refractivity contribution in [2.45, 2.75) is 13.0 Å². The number of anilines is 2. The van der Waals surface area contributed by atoms with Crippen molar-refractivity contribution in [2.75, 3.05) is 11.1 Å². The smallest absolute Gasteiger partial charge is 0.319 e. The Labute approximate surface area is 111 Å². The fourth-order valence-corrected chi connectivity index (χ4v) is 1.64. The number of benzene rings is 1. The third kappa shape index (κ3) is 3.70. The van der Waals surface area contributed by atoms with Gasteiger partial charge in [0.05, 0.1) is 11.7 Å². The zero-order valence-electron chi connectivity index (χ0n) is 10.6. The number of aromatic nitrogens is 1. The average Bonchev–Trinajstić information content (AvgIpc) is 2.42. The highest BCUT2D eigenvalue weighted by molar-refractivity contribution is 5.89. The SMILES string of the molecule is CC(NC(=O)Nc1ccc(N)cc1)c1ccccn1. The van der Waals surface area contributed by atoms with E-state index in [1.807, 2.05) is 25.1 Å². The molecule has 2 aromatic rings. The number of nitrogens with two attached hydrogens (primary N) is 1. The lowest BCUT2D eigenvalue weighted by molar-refractivity contribution is 0.249. The number of pyridine rings is 1. The summed E-state index contributed by atoms with van der Waals surface area (Å²) in [6.45, 7) is 1.88. The molecule has 0 saturated carbocycles. The number of amides is 2. The molecule has 19 heavy (non-hydrogen) atoms. The van der Waals surface area contributed by atoms with E-state index < -0.39 is 0 Å². The number of nitrogens with one attached hydrogen (secondary N) is 2. The van der Waals surface area contributed by atoms with Gasteiger partial charge in [-0.1, -0.05) is 6.07 Å². The molecule has 2 amide bonds. The van der Waals surface area contributed by atoms with E-state index >= 15 is 0 Å². The molecule has 5 heteroatoms. The summed E-state index contributed by atoms with van der Waals surface area (Å²) in [7, 11) is 0. The zero-order chi connectivity index (χ0) is 13.7. The number of carbonyl (C=O) groups is 1. The molecule has 0 aliphatic carbocycles. The minimum absolute atomic E-state index is 0.157. The van der Waals surface area contributed by atoms with E-state index in [1.165, 1.54) is 0 Å². The summed E-state index contributed by atoms with van der Waals surface area (Å²) in [5.41, 5.74) is 7.75. The second-order valence-electron chi connectivity index (χ2n) is 4.20. The van der Waals surface area contributed by atoms with Gasteiger partial charge in [0.2, 0.25) is 0 Å². The van der Waals surface area contributed by atoms with Crippen LogP contribution in [0.5, 0.6) is 0 Å². The highest BCUT2D eigenvalue weighted by atomic mass is 16.2. The van der Waals surface area contributed by atoms with Gasteiger partial charge in [-0.2, -0.15) is 0 Å². The first-order chi connectivity index (χ1) is 9.15. The Morgan fingerprint density at radius 3 is 2.58 bits per heavy atom. The van der Waals surface area contributed by atoms with Crippen LogP contribution < -0.4 is 16.4 Å². The first kappa shape index (κ1) is 12.9. The molecular formula is C14H16N4O. The minimum Gasteiger partial charge on any atom is -0.399 e. The molecule has 5 nitrogen and oxygen atoms in total. The van der Waals surface area contributed by atoms with Crippen LogP contribution in [0.25, 0.3) is 0 Å². The van der Waals surface area contributed by atoms with Gasteiger partial charge in [-0.15, -0.1) is 0 Å².